The van der Waals surface area contributed by atoms with Crippen molar-refractivity contribution in [2.75, 3.05) is 13.6 Å². The highest BCUT2D eigenvalue weighted by Crippen LogP contribution is 2.30. The van der Waals surface area contributed by atoms with Crippen LogP contribution in [0.4, 0.5) is 0 Å². The molecule has 1 saturated carbocycles. The Morgan fingerprint density at radius 2 is 2.00 bits per heavy atom. The average Bonchev–Trinajstić information content (AvgIpc) is 2.34. The van der Waals surface area contributed by atoms with E-state index in [4.69, 9.17) is 22.3 Å². The summed E-state index contributed by atoms with van der Waals surface area (Å²) in [5.74, 6) is 0.326. The summed E-state index contributed by atoms with van der Waals surface area (Å²) >= 11 is 5.96. The second-order valence-corrected chi connectivity index (χ2v) is 8.44. The standard InChI is InChI=1S/C14H17Cl2NO3S/c1-9-6-11(7-12(13(9)15)21(16,19)20)14(18)17(2)8-10-4-3-5-10/h6-7,10H,3-5,8H2,1-2H3. The number of nitrogens with zero attached hydrogens (tertiary/aromatic N) is 1. The Morgan fingerprint density at radius 3 is 2.48 bits per heavy atom. The molecule has 0 unspecified atom stereocenters. The van der Waals surface area contributed by atoms with Gasteiger partial charge in [-0.25, -0.2) is 8.42 Å². The van der Waals surface area contributed by atoms with Gasteiger partial charge in [-0.3, -0.25) is 4.79 Å². The van der Waals surface area contributed by atoms with E-state index in [-0.39, 0.29) is 21.4 Å². The average molecular weight is 350 g/mol. The van der Waals surface area contributed by atoms with Crippen LogP contribution in [0.5, 0.6) is 0 Å². The minimum absolute atomic E-state index is 0.0585. The van der Waals surface area contributed by atoms with Gasteiger partial charge in [-0.15, -0.1) is 0 Å². The molecule has 0 radical (unpaired) electrons. The van der Waals surface area contributed by atoms with E-state index in [0.29, 0.717) is 18.0 Å². The molecule has 1 fully saturated rings. The number of hydrogen-bond acceptors (Lipinski definition) is 3. The number of hydrogen-bond donors (Lipinski definition) is 0. The quantitative estimate of drug-likeness (QED) is 0.782. The molecule has 0 atom stereocenters. The second-order valence-electron chi connectivity index (χ2n) is 5.53. The lowest BCUT2D eigenvalue weighted by atomic mass is 9.85. The largest absolute Gasteiger partial charge is 0.341 e. The highest BCUT2D eigenvalue weighted by atomic mass is 35.7. The molecular formula is C14H17Cl2NO3S. The van der Waals surface area contributed by atoms with Crippen molar-refractivity contribution in [1.82, 2.24) is 4.90 Å². The van der Waals surface area contributed by atoms with Crippen molar-refractivity contribution < 1.29 is 13.2 Å². The molecule has 21 heavy (non-hydrogen) atoms. The molecular weight excluding hydrogens is 333 g/mol. The summed E-state index contributed by atoms with van der Waals surface area (Å²) in [7, 11) is 3.11. The van der Waals surface area contributed by atoms with Gasteiger partial charge >= 0.3 is 0 Å². The first-order valence-electron chi connectivity index (χ1n) is 6.70. The minimum Gasteiger partial charge on any atom is -0.341 e. The number of carbonyl (C=O) groups is 1. The monoisotopic (exact) mass is 349 g/mol. The third kappa shape index (κ3) is 3.71. The predicted molar refractivity (Wildman–Crippen MR) is 83.5 cm³/mol. The highest BCUT2D eigenvalue weighted by Gasteiger charge is 2.24. The van der Waals surface area contributed by atoms with Crippen LogP contribution in [0, 0.1) is 12.8 Å². The van der Waals surface area contributed by atoms with E-state index < -0.39 is 9.05 Å². The van der Waals surface area contributed by atoms with Gasteiger partial charge in [-0.05, 0) is 43.4 Å². The van der Waals surface area contributed by atoms with E-state index in [2.05, 4.69) is 0 Å². The lowest BCUT2D eigenvalue weighted by molar-refractivity contribution is 0.0745. The van der Waals surface area contributed by atoms with Gasteiger partial charge in [-0.2, -0.15) is 0 Å². The first-order valence-corrected chi connectivity index (χ1v) is 9.39. The first kappa shape index (κ1) is 16.6. The zero-order chi connectivity index (χ0) is 15.8. The number of aryl methyl sites for hydroxylation is 1. The summed E-state index contributed by atoms with van der Waals surface area (Å²) < 4.78 is 23.1. The van der Waals surface area contributed by atoms with Crippen LogP contribution in [0.3, 0.4) is 0 Å². The maximum Gasteiger partial charge on any atom is 0.262 e. The summed E-state index contributed by atoms with van der Waals surface area (Å²) in [5.41, 5.74) is 0.803. The number of rotatable bonds is 4. The molecule has 0 aliphatic heterocycles. The molecule has 4 nitrogen and oxygen atoms in total. The number of benzene rings is 1. The van der Waals surface area contributed by atoms with Gasteiger partial charge in [0.05, 0.1) is 5.02 Å². The van der Waals surface area contributed by atoms with E-state index >= 15 is 0 Å². The van der Waals surface area contributed by atoms with Crippen molar-refractivity contribution in [3.05, 3.63) is 28.3 Å². The summed E-state index contributed by atoms with van der Waals surface area (Å²) in [5, 5.41) is 0.0585. The van der Waals surface area contributed by atoms with Crippen molar-refractivity contribution in [2.45, 2.75) is 31.1 Å². The van der Waals surface area contributed by atoms with Crippen LogP contribution in [0.2, 0.25) is 5.02 Å². The summed E-state index contributed by atoms with van der Waals surface area (Å²) in [6.45, 7) is 2.33. The van der Waals surface area contributed by atoms with Crippen LogP contribution in [0.1, 0.15) is 35.2 Å². The molecule has 116 valence electrons. The van der Waals surface area contributed by atoms with Gasteiger partial charge < -0.3 is 4.90 Å². The second kappa shape index (κ2) is 6.15. The topological polar surface area (TPSA) is 54.5 Å². The number of halogens is 2. The van der Waals surface area contributed by atoms with Gasteiger partial charge in [-0.1, -0.05) is 18.0 Å². The smallest absolute Gasteiger partial charge is 0.262 e. The number of amides is 1. The molecule has 1 amide bonds. The Hall–Kier alpha value is -0.780. The zero-order valence-corrected chi connectivity index (χ0v) is 14.2. The highest BCUT2D eigenvalue weighted by molar-refractivity contribution is 8.13. The van der Waals surface area contributed by atoms with E-state index in [1.54, 1.807) is 24.9 Å². The molecule has 1 aromatic carbocycles. The lowest BCUT2D eigenvalue weighted by Crippen LogP contribution is -2.34. The normalized spacial score (nSPS) is 15.6. The van der Waals surface area contributed by atoms with Gasteiger partial charge in [0.1, 0.15) is 4.90 Å². The van der Waals surface area contributed by atoms with Gasteiger partial charge in [0.25, 0.3) is 15.0 Å². The van der Waals surface area contributed by atoms with Gasteiger partial charge in [0.15, 0.2) is 0 Å². The van der Waals surface area contributed by atoms with Crippen LogP contribution in [-0.2, 0) is 9.05 Å². The molecule has 0 heterocycles. The molecule has 0 N–H and O–H groups in total. The van der Waals surface area contributed by atoms with Crippen LogP contribution < -0.4 is 0 Å². The summed E-state index contributed by atoms with van der Waals surface area (Å²) in [4.78, 5) is 13.8. The zero-order valence-electron chi connectivity index (χ0n) is 11.9. The fraction of sp³-hybridized carbons (Fsp3) is 0.500. The first-order chi connectivity index (χ1) is 9.70. The molecule has 7 heteroatoms. The molecule has 0 spiro atoms. The number of carbonyl (C=O) groups excluding carboxylic acids is 1. The van der Waals surface area contributed by atoms with Gasteiger partial charge in [0, 0.05) is 29.8 Å². The van der Waals surface area contributed by atoms with Gasteiger partial charge in [0.2, 0.25) is 0 Å². The lowest BCUT2D eigenvalue weighted by Gasteiger charge is -2.30. The van der Waals surface area contributed by atoms with Crippen LogP contribution in [0.15, 0.2) is 17.0 Å². The fourth-order valence-corrected chi connectivity index (χ4v) is 3.94. The molecule has 0 aromatic heterocycles. The van der Waals surface area contributed by atoms with Crippen molar-refractivity contribution in [2.24, 2.45) is 5.92 Å². The van der Waals surface area contributed by atoms with Crippen molar-refractivity contribution in [3.63, 3.8) is 0 Å². The molecule has 1 aromatic rings. The molecule has 1 aliphatic carbocycles. The van der Waals surface area contributed by atoms with Crippen molar-refractivity contribution in [1.29, 1.82) is 0 Å². The maximum atomic E-state index is 12.4. The van der Waals surface area contributed by atoms with E-state index in [9.17, 15) is 13.2 Å². The Kier molecular flexibility index (Phi) is 4.85. The summed E-state index contributed by atoms with van der Waals surface area (Å²) in [6, 6.07) is 2.84. The Morgan fingerprint density at radius 1 is 1.38 bits per heavy atom. The molecule has 2 rings (SSSR count). The van der Waals surface area contributed by atoms with Crippen LogP contribution in [0.25, 0.3) is 0 Å². The van der Waals surface area contributed by atoms with E-state index in [1.807, 2.05) is 0 Å². The Bertz CT molecular complexity index is 669. The van der Waals surface area contributed by atoms with Crippen LogP contribution in [-0.4, -0.2) is 32.8 Å². The molecule has 0 bridgehead atoms. The predicted octanol–water partition coefficient (Wildman–Crippen LogP) is 3.45. The SMILES string of the molecule is Cc1cc(C(=O)N(C)CC2CCC2)cc(S(=O)(=O)Cl)c1Cl. The third-order valence-corrected chi connectivity index (χ3v) is 5.79. The van der Waals surface area contributed by atoms with E-state index in [0.717, 1.165) is 12.8 Å². The minimum atomic E-state index is -3.98. The summed E-state index contributed by atoms with van der Waals surface area (Å²) in [6.07, 6.45) is 3.48. The third-order valence-electron chi connectivity index (χ3n) is 3.83. The fourth-order valence-electron chi connectivity index (χ4n) is 2.40. The Labute approximate surface area is 134 Å². The molecule has 1 aliphatic rings. The molecule has 0 saturated heterocycles. The van der Waals surface area contributed by atoms with Crippen molar-refractivity contribution in [3.8, 4) is 0 Å². The van der Waals surface area contributed by atoms with Crippen LogP contribution >= 0.6 is 22.3 Å². The van der Waals surface area contributed by atoms with Crippen molar-refractivity contribution >= 4 is 37.2 Å². The van der Waals surface area contributed by atoms with E-state index in [1.165, 1.54) is 12.5 Å². The maximum absolute atomic E-state index is 12.4. The Balaban J connectivity index is 2.30.